The first-order chi connectivity index (χ1) is 19.5. The number of nitrogens with one attached hydrogen (secondary N) is 1. The van der Waals surface area contributed by atoms with Gasteiger partial charge >= 0.3 is 12.5 Å². The number of carboxylic acid groups (broad SMARTS) is 1. The van der Waals surface area contributed by atoms with Gasteiger partial charge < -0.3 is 24.5 Å². The van der Waals surface area contributed by atoms with E-state index in [1.807, 2.05) is 0 Å². The molecule has 218 valence electrons. The van der Waals surface area contributed by atoms with E-state index in [0.29, 0.717) is 74.5 Å². The van der Waals surface area contributed by atoms with Gasteiger partial charge in [0.2, 0.25) is 0 Å². The summed E-state index contributed by atoms with van der Waals surface area (Å²) in [7, 11) is 0. The van der Waals surface area contributed by atoms with Crippen molar-refractivity contribution in [3.05, 3.63) is 53.2 Å². The highest BCUT2D eigenvalue weighted by atomic mass is 19.4. The molecule has 2 aromatic heterocycles. The Labute approximate surface area is 231 Å². The molecule has 3 aromatic rings. The van der Waals surface area contributed by atoms with Gasteiger partial charge in [-0.05, 0) is 55.9 Å². The van der Waals surface area contributed by atoms with Crippen LogP contribution in [0.25, 0.3) is 11.2 Å². The van der Waals surface area contributed by atoms with Gasteiger partial charge in [0.05, 0.1) is 24.9 Å². The van der Waals surface area contributed by atoms with Gasteiger partial charge in [0, 0.05) is 36.7 Å². The SMILES string of the molecule is O=C(c1ccc(OC(F)(F)F)cc1)N1CCC(c2c(F)cnc3[nH]c(C4CCC5(COC5)N(C(=O)O)C4)nc23)CC1. The number of alkyl halides is 3. The maximum atomic E-state index is 15.2. The fraction of sp³-hybridized carbons (Fsp3) is 0.481. The lowest BCUT2D eigenvalue weighted by molar-refractivity contribution is -0.274. The number of nitrogens with zero attached hydrogens (tertiary/aromatic N) is 4. The van der Waals surface area contributed by atoms with E-state index in [2.05, 4.69) is 14.7 Å². The van der Waals surface area contributed by atoms with Crippen LogP contribution in [-0.2, 0) is 4.74 Å². The Morgan fingerprint density at radius 2 is 1.80 bits per heavy atom. The van der Waals surface area contributed by atoms with Crippen LogP contribution in [0.2, 0.25) is 0 Å². The van der Waals surface area contributed by atoms with Crippen LogP contribution < -0.4 is 4.74 Å². The summed E-state index contributed by atoms with van der Waals surface area (Å²) in [6, 6.07) is 4.74. The first kappa shape index (κ1) is 27.2. The zero-order chi connectivity index (χ0) is 28.9. The van der Waals surface area contributed by atoms with Crippen molar-refractivity contribution in [2.24, 2.45) is 0 Å². The lowest BCUT2D eigenvalue weighted by Crippen LogP contribution is -2.66. The van der Waals surface area contributed by atoms with Gasteiger partial charge in [-0.2, -0.15) is 0 Å². The van der Waals surface area contributed by atoms with E-state index in [1.54, 1.807) is 4.90 Å². The highest BCUT2D eigenvalue weighted by Crippen LogP contribution is 2.41. The second-order valence-electron chi connectivity index (χ2n) is 10.8. The molecule has 1 atom stereocenters. The normalized spacial score (nSPS) is 21.2. The highest BCUT2D eigenvalue weighted by molar-refractivity contribution is 5.94. The predicted molar refractivity (Wildman–Crippen MR) is 135 cm³/mol. The van der Waals surface area contributed by atoms with Crippen molar-refractivity contribution in [3.63, 3.8) is 0 Å². The average Bonchev–Trinajstić information content (AvgIpc) is 3.35. The molecule has 0 saturated carbocycles. The molecule has 41 heavy (non-hydrogen) atoms. The van der Waals surface area contributed by atoms with Gasteiger partial charge in [-0.1, -0.05) is 0 Å². The van der Waals surface area contributed by atoms with E-state index in [0.717, 1.165) is 18.3 Å². The van der Waals surface area contributed by atoms with E-state index in [-0.39, 0.29) is 29.9 Å². The number of hydrogen-bond donors (Lipinski definition) is 2. The number of rotatable bonds is 4. The third-order valence-corrected chi connectivity index (χ3v) is 8.34. The summed E-state index contributed by atoms with van der Waals surface area (Å²) in [5.41, 5.74) is 0.969. The Kier molecular flexibility index (Phi) is 6.75. The lowest BCUT2D eigenvalue weighted by Gasteiger charge is -2.52. The largest absolute Gasteiger partial charge is 0.573 e. The van der Waals surface area contributed by atoms with Crippen molar-refractivity contribution >= 4 is 23.2 Å². The fourth-order valence-electron chi connectivity index (χ4n) is 6.13. The molecule has 0 radical (unpaired) electrons. The van der Waals surface area contributed by atoms with Gasteiger partial charge in [0.1, 0.15) is 22.9 Å². The summed E-state index contributed by atoms with van der Waals surface area (Å²) in [5, 5.41) is 9.78. The van der Waals surface area contributed by atoms with Crippen molar-refractivity contribution in [2.45, 2.75) is 49.4 Å². The molecular formula is C27H27F4N5O5. The maximum absolute atomic E-state index is 15.2. The van der Waals surface area contributed by atoms with Crippen molar-refractivity contribution in [1.29, 1.82) is 0 Å². The third kappa shape index (κ3) is 5.16. The molecule has 0 bridgehead atoms. The highest BCUT2D eigenvalue weighted by Gasteiger charge is 2.50. The lowest BCUT2D eigenvalue weighted by atomic mass is 9.80. The van der Waals surface area contributed by atoms with Crippen LogP contribution in [0.1, 0.15) is 59.3 Å². The molecule has 10 nitrogen and oxygen atoms in total. The molecule has 3 aliphatic heterocycles. The number of pyridine rings is 1. The molecule has 1 unspecified atom stereocenters. The van der Waals surface area contributed by atoms with Crippen LogP contribution in [0, 0.1) is 5.82 Å². The Bertz CT molecular complexity index is 1470. The van der Waals surface area contributed by atoms with Crippen molar-refractivity contribution in [1.82, 2.24) is 24.8 Å². The van der Waals surface area contributed by atoms with Crippen LogP contribution in [0.3, 0.4) is 0 Å². The number of likely N-dealkylation sites (tertiary alicyclic amines) is 2. The number of aromatic amines is 1. The number of amides is 2. The molecule has 3 fully saturated rings. The van der Waals surface area contributed by atoms with E-state index in [4.69, 9.17) is 9.72 Å². The van der Waals surface area contributed by atoms with Crippen LogP contribution in [0.5, 0.6) is 5.75 Å². The molecule has 6 rings (SSSR count). The van der Waals surface area contributed by atoms with Crippen LogP contribution in [-0.4, -0.2) is 86.6 Å². The minimum Gasteiger partial charge on any atom is -0.465 e. The summed E-state index contributed by atoms with van der Waals surface area (Å²) < 4.78 is 61.6. The number of hydrogen-bond acceptors (Lipinski definition) is 6. The number of fused-ring (bicyclic) bond motifs is 1. The van der Waals surface area contributed by atoms with E-state index >= 15 is 4.39 Å². The van der Waals surface area contributed by atoms with E-state index < -0.39 is 29.6 Å². The molecule has 14 heteroatoms. The minimum atomic E-state index is -4.82. The number of H-pyrrole nitrogens is 1. The molecule has 1 aromatic carbocycles. The van der Waals surface area contributed by atoms with Crippen molar-refractivity contribution in [3.8, 4) is 5.75 Å². The first-order valence-electron chi connectivity index (χ1n) is 13.3. The summed E-state index contributed by atoms with van der Waals surface area (Å²) >= 11 is 0. The number of carbonyl (C=O) groups is 2. The Morgan fingerprint density at radius 3 is 2.41 bits per heavy atom. The zero-order valence-corrected chi connectivity index (χ0v) is 21.8. The summed E-state index contributed by atoms with van der Waals surface area (Å²) in [6.07, 6.45) is -2.43. The number of carbonyl (C=O) groups excluding carboxylic acids is 1. The maximum Gasteiger partial charge on any atom is 0.573 e. The Balaban J connectivity index is 1.16. The predicted octanol–water partition coefficient (Wildman–Crippen LogP) is 4.64. The smallest absolute Gasteiger partial charge is 0.465 e. The number of aromatic nitrogens is 3. The Hall–Kier alpha value is -3.94. The second kappa shape index (κ2) is 10.2. The van der Waals surface area contributed by atoms with Gasteiger partial charge in [-0.3, -0.25) is 9.69 Å². The summed E-state index contributed by atoms with van der Waals surface area (Å²) in [5.74, 6) is -1.12. The second-order valence-corrected chi connectivity index (χ2v) is 10.8. The molecule has 5 heterocycles. The number of halogens is 4. The first-order valence-corrected chi connectivity index (χ1v) is 13.3. The third-order valence-electron chi connectivity index (χ3n) is 8.34. The quantitative estimate of drug-likeness (QED) is 0.434. The van der Waals surface area contributed by atoms with Gasteiger partial charge in [0.25, 0.3) is 5.91 Å². The van der Waals surface area contributed by atoms with Gasteiger partial charge in [0.15, 0.2) is 5.65 Å². The van der Waals surface area contributed by atoms with Gasteiger partial charge in [-0.25, -0.2) is 19.2 Å². The number of imidazole rings is 1. The van der Waals surface area contributed by atoms with Crippen LogP contribution in [0.4, 0.5) is 22.4 Å². The minimum absolute atomic E-state index is 0.199. The molecular weight excluding hydrogens is 550 g/mol. The van der Waals surface area contributed by atoms with E-state index in [1.165, 1.54) is 17.0 Å². The molecule has 2 N–H and O–H groups in total. The van der Waals surface area contributed by atoms with Crippen molar-refractivity contribution in [2.75, 3.05) is 32.8 Å². The molecule has 1 spiro atoms. The van der Waals surface area contributed by atoms with Crippen LogP contribution >= 0.6 is 0 Å². The monoisotopic (exact) mass is 577 g/mol. The Morgan fingerprint density at radius 1 is 1.10 bits per heavy atom. The summed E-state index contributed by atoms with van der Waals surface area (Å²) in [4.78, 5) is 40.0. The molecule has 3 saturated heterocycles. The van der Waals surface area contributed by atoms with Gasteiger partial charge in [-0.15, -0.1) is 13.2 Å². The molecule has 0 aliphatic carbocycles. The zero-order valence-electron chi connectivity index (χ0n) is 21.8. The topological polar surface area (TPSA) is 121 Å². The standard InChI is InChI=1S/C27H27F4N5O5/c28-19-11-32-23-21(33-22(34-23)17-5-8-26(13-40-14-26)36(12-17)25(38)39)20(19)15-6-9-35(10-7-15)24(37)16-1-3-18(4-2-16)41-27(29,30)31/h1-4,11,15,17H,5-10,12-14H2,(H,38,39)(H,32,33,34). The molecule has 3 aliphatic rings. The number of benzene rings is 1. The van der Waals surface area contributed by atoms with Crippen LogP contribution in [0.15, 0.2) is 30.5 Å². The van der Waals surface area contributed by atoms with E-state index in [9.17, 15) is 27.9 Å². The molecule has 2 amide bonds. The fourth-order valence-corrected chi connectivity index (χ4v) is 6.13. The van der Waals surface area contributed by atoms with Crippen molar-refractivity contribution < 1.29 is 41.7 Å². The number of ether oxygens (including phenoxy) is 2. The summed E-state index contributed by atoms with van der Waals surface area (Å²) in [6.45, 7) is 1.65. The number of piperidine rings is 2. The average molecular weight is 578 g/mol.